The van der Waals surface area contributed by atoms with E-state index in [-0.39, 0.29) is 11.4 Å². The van der Waals surface area contributed by atoms with Crippen LogP contribution in [0.4, 0.5) is 4.39 Å². The van der Waals surface area contributed by atoms with E-state index in [4.69, 9.17) is 9.47 Å². The Hall–Kier alpha value is -3.76. The van der Waals surface area contributed by atoms with Crippen molar-refractivity contribution in [2.45, 2.75) is 11.4 Å². The number of hydrogen-bond donors (Lipinski definition) is 1. The molecule has 0 aliphatic heterocycles. The number of hydrazone groups is 1. The van der Waals surface area contributed by atoms with E-state index in [0.29, 0.717) is 22.6 Å². The van der Waals surface area contributed by atoms with Crippen molar-refractivity contribution in [3.63, 3.8) is 0 Å². The number of carbonyl (C=O) groups is 1. The van der Waals surface area contributed by atoms with Gasteiger partial charge in [0.2, 0.25) is 10.0 Å². The fourth-order valence-electron chi connectivity index (χ4n) is 3.14. The Balaban J connectivity index is 1.79. The van der Waals surface area contributed by atoms with Crippen molar-refractivity contribution in [1.82, 2.24) is 9.73 Å². The number of methoxy groups -OCH3 is 2. The second-order valence-electron chi connectivity index (χ2n) is 7.09. The highest BCUT2D eigenvalue weighted by atomic mass is 32.2. The Morgan fingerprint density at radius 3 is 2.35 bits per heavy atom. The molecule has 10 heteroatoms. The number of benzene rings is 3. The van der Waals surface area contributed by atoms with Gasteiger partial charge in [-0.15, -0.1) is 0 Å². The molecule has 0 saturated carbocycles. The topological polar surface area (TPSA) is 97.3 Å². The highest BCUT2D eigenvalue weighted by Gasteiger charge is 2.26. The third-order valence-corrected chi connectivity index (χ3v) is 6.61. The first-order chi connectivity index (χ1) is 16.3. The summed E-state index contributed by atoms with van der Waals surface area (Å²) in [6.45, 7) is -0.625. The first-order valence-corrected chi connectivity index (χ1v) is 11.6. The van der Waals surface area contributed by atoms with E-state index in [0.717, 1.165) is 4.31 Å². The van der Waals surface area contributed by atoms with Gasteiger partial charge in [0.15, 0.2) is 11.5 Å². The summed E-state index contributed by atoms with van der Waals surface area (Å²) in [4.78, 5) is 12.6. The number of amides is 1. The minimum Gasteiger partial charge on any atom is -0.493 e. The Morgan fingerprint density at radius 2 is 1.71 bits per heavy atom. The van der Waals surface area contributed by atoms with Gasteiger partial charge in [0.05, 0.1) is 31.9 Å². The number of nitrogens with one attached hydrogen (secondary N) is 1. The number of hydrogen-bond acceptors (Lipinski definition) is 6. The third-order valence-electron chi connectivity index (χ3n) is 4.80. The monoisotopic (exact) mass is 485 g/mol. The first kappa shape index (κ1) is 24.9. The van der Waals surface area contributed by atoms with Gasteiger partial charge in [-0.25, -0.2) is 18.2 Å². The van der Waals surface area contributed by atoms with Gasteiger partial charge in [-0.1, -0.05) is 36.4 Å². The SMILES string of the molecule is COc1cccc(/C=N\NC(=O)CN(Cc2ccc(F)cc2)S(=O)(=O)c2ccccc2)c1OC. The van der Waals surface area contributed by atoms with Gasteiger partial charge in [0.1, 0.15) is 5.82 Å². The van der Waals surface area contributed by atoms with E-state index in [9.17, 15) is 17.6 Å². The molecule has 3 aromatic rings. The molecule has 0 unspecified atom stereocenters. The normalized spacial score (nSPS) is 11.5. The molecule has 0 fully saturated rings. The van der Waals surface area contributed by atoms with Gasteiger partial charge in [-0.05, 0) is 42.0 Å². The van der Waals surface area contributed by atoms with Crippen LogP contribution in [-0.2, 0) is 21.4 Å². The molecule has 1 N–H and O–H groups in total. The zero-order valence-electron chi connectivity index (χ0n) is 18.6. The van der Waals surface area contributed by atoms with Crippen LogP contribution in [0.2, 0.25) is 0 Å². The van der Waals surface area contributed by atoms with Gasteiger partial charge >= 0.3 is 0 Å². The standard InChI is InChI=1S/C24H24FN3O5S/c1-32-22-10-6-7-19(24(22)33-2)15-26-27-23(29)17-28(16-18-11-13-20(25)14-12-18)34(30,31)21-8-4-3-5-9-21/h3-15H,16-17H2,1-2H3,(H,27,29)/b26-15-. The molecule has 3 aromatic carbocycles. The summed E-state index contributed by atoms with van der Waals surface area (Å²) in [5.41, 5.74) is 3.42. The lowest BCUT2D eigenvalue weighted by atomic mass is 10.2. The highest BCUT2D eigenvalue weighted by molar-refractivity contribution is 7.89. The van der Waals surface area contributed by atoms with Crippen LogP contribution in [-0.4, -0.2) is 45.6 Å². The van der Waals surface area contributed by atoms with Gasteiger partial charge in [0, 0.05) is 12.1 Å². The average molecular weight is 486 g/mol. The molecule has 178 valence electrons. The maximum atomic E-state index is 13.3. The lowest BCUT2D eigenvalue weighted by molar-refractivity contribution is -0.121. The average Bonchev–Trinajstić information content (AvgIpc) is 2.85. The maximum absolute atomic E-state index is 13.3. The van der Waals surface area contributed by atoms with E-state index in [1.54, 1.807) is 36.4 Å². The van der Waals surface area contributed by atoms with Gasteiger partial charge in [-0.2, -0.15) is 9.41 Å². The lowest BCUT2D eigenvalue weighted by Crippen LogP contribution is -2.39. The molecular formula is C24H24FN3O5S. The first-order valence-electron chi connectivity index (χ1n) is 10.2. The molecule has 8 nitrogen and oxygen atoms in total. The number of sulfonamides is 1. The number of carbonyl (C=O) groups excluding carboxylic acids is 1. The summed E-state index contributed by atoms with van der Waals surface area (Å²) in [5.74, 6) is -0.161. The number of halogens is 1. The van der Waals surface area contributed by atoms with Gasteiger partial charge in [0.25, 0.3) is 5.91 Å². The molecule has 0 aliphatic carbocycles. The van der Waals surface area contributed by atoms with Crippen LogP contribution < -0.4 is 14.9 Å². The Morgan fingerprint density at radius 1 is 1.00 bits per heavy atom. The van der Waals surface area contributed by atoms with E-state index in [1.807, 2.05) is 0 Å². The predicted molar refractivity (Wildman–Crippen MR) is 126 cm³/mol. The van der Waals surface area contributed by atoms with E-state index in [1.165, 1.54) is 56.8 Å². The summed E-state index contributed by atoms with van der Waals surface area (Å²) in [5, 5.41) is 3.92. The summed E-state index contributed by atoms with van der Waals surface area (Å²) < 4.78 is 51.2. The summed E-state index contributed by atoms with van der Waals surface area (Å²) in [6, 6.07) is 18.3. The van der Waals surface area contributed by atoms with E-state index >= 15 is 0 Å². The van der Waals surface area contributed by atoms with Crippen LogP contribution in [0, 0.1) is 5.82 Å². The molecule has 0 aromatic heterocycles. The molecule has 0 radical (unpaired) electrons. The molecule has 34 heavy (non-hydrogen) atoms. The highest BCUT2D eigenvalue weighted by Crippen LogP contribution is 2.29. The Bertz CT molecular complexity index is 1250. The summed E-state index contributed by atoms with van der Waals surface area (Å²) in [7, 11) is -1.03. The summed E-state index contributed by atoms with van der Waals surface area (Å²) in [6.07, 6.45) is 1.37. The number of nitrogens with zero attached hydrogens (tertiary/aromatic N) is 2. The Labute approximate surface area is 197 Å². The van der Waals surface area contributed by atoms with Crippen LogP contribution in [0.3, 0.4) is 0 Å². The van der Waals surface area contributed by atoms with Gasteiger partial charge < -0.3 is 9.47 Å². The summed E-state index contributed by atoms with van der Waals surface area (Å²) >= 11 is 0. The van der Waals surface area contributed by atoms with Crippen LogP contribution in [0.5, 0.6) is 11.5 Å². The molecule has 0 bridgehead atoms. The zero-order chi connectivity index (χ0) is 24.6. The van der Waals surface area contributed by atoms with E-state index in [2.05, 4.69) is 10.5 Å². The molecular weight excluding hydrogens is 461 g/mol. The predicted octanol–water partition coefficient (Wildman–Crippen LogP) is 3.18. The molecule has 0 atom stereocenters. The lowest BCUT2D eigenvalue weighted by Gasteiger charge is -2.21. The maximum Gasteiger partial charge on any atom is 0.255 e. The third kappa shape index (κ3) is 6.18. The quantitative estimate of drug-likeness (QED) is 0.351. The van der Waals surface area contributed by atoms with Gasteiger partial charge in [-0.3, -0.25) is 4.79 Å². The Kier molecular flexibility index (Phi) is 8.34. The van der Waals surface area contributed by atoms with Crippen LogP contribution >= 0.6 is 0 Å². The van der Waals surface area contributed by atoms with Crippen molar-refractivity contribution in [3.05, 3.63) is 89.7 Å². The molecule has 0 saturated heterocycles. The molecule has 0 spiro atoms. The minimum absolute atomic E-state index is 0.0366. The van der Waals surface area contributed by atoms with Crippen LogP contribution in [0.15, 0.2) is 82.8 Å². The molecule has 0 aliphatic rings. The number of rotatable bonds is 10. The van der Waals surface area contributed by atoms with Crippen molar-refractivity contribution >= 4 is 22.1 Å². The zero-order valence-corrected chi connectivity index (χ0v) is 19.5. The van der Waals surface area contributed by atoms with Crippen molar-refractivity contribution in [2.75, 3.05) is 20.8 Å². The van der Waals surface area contributed by atoms with Crippen LogP contribution in [0.25, 0.3) is 0 Å². The molecule has 1 amide bonds. The van der Waals surface area contributed by atoms with Crippen molar-refractivity contribution in [3.8, 4) is 11.5 Å². The number of ether oxygens (including phenoxy) is 2. The largest absolute Gasteiger partial charge is 0.493 e. The second-order valence-corrected chi connectivity index (χ2v) is 9.03. The van der Waals surface area contributed by atoms with E-state index < -0.39 is 28.3 Å². The molecule has 3 rings (SSSR count). The molecule has 0 heterocycles. The van der Waals surface area contributed by atoms with Crippen molar-refractivity contribution < 1.29 is 27.1 Å². The smallest absolute Gasteiger partial charge is 0.255 e. The van der Waals surface area contributed by atoms with Crippen LogP contribution in [0.1, 0.15) is 11.1 Å². The fraction of sp³-hybridized carbons (Fsp3) is 0.167. The minimum atomic E-state index is -4.01. The second kappa shape index (κ2) is 11.4. The number of para-hydroxylation sites is 1. The van der Waals surface area contributed by atoms with Crippen molar-refractivity contribution in [2.24, 2.45) is 5.10 Å². The van der Waals surface area contributed by atoms with Crippen molar-refractivity contribution in [1.29, 1.82) is 0 Å². The fourth-order valence-corrected chi connectivity index (χ4v) is 4.55.